The maximum Gasteiger partial charge on any atom is 0.126 e. The third kappa shape index (κ3) is 5.94. The van der Waals surface area contributed by atoms with Gasteiger partial charge in [0, 0.05) is 24.2 Å². The van der Waals surface area contributed by atoms with E-state index in [1.54, 1.807) is 0 Å². The molecule has 1 unspecified atom stereocenters. The predicted octanol–water partition coefficient (Wildman–Crippen LogP) is 2.91. The summed E-state index contributed by atoms with van der Waals surface area (Å²) in [6.45, 7) is 5.51. The largest absolute Gasteiger partial charge is 0.396 e. The SMILES string of the molecule is CCCNc1cccc(CSC(C)CCO)n1. The molecule has 0 amide bonds. The fourth-order valence-electron chi connectivity index (χ4n) is 1.40. The van der Waals surface area contributed by atoms with Gasteiger partial charge in [-0.3, -0.25) is 0 Å². The fraction of sp³-hybridized carbons (Fsp3) is 0.615. The van der Waals surface area contributed by atoms with Crippen LogP contribution in [0.5, 0.6) is 0 Å². The number of hydrogen-bond donors (Lipinski definition) is 2. The first-order chi connectivity index (χ1) is 8.26. The number of aliphatic hydroxyl groups is 1. The summed E-state index contributed by atoms with van der Waals surface area (Å²) in [5.41, 5.74) is 1.10. The van der Waals surface area contributed by atoms with E-state index < -0.39 is 0 Å². The van der Waals surface area contributed by atoms with Crippen LogP contribution in [0.2, 0.25) is 0 Å². The van der Waals surface area contributed by atoms with Gasteiger partial charge in [0.25, 0.3) is 0 Å². The van der Waals surface area contributed by atoms with E-state index in [0.717, 1.165) is 36.7 Å². The molecule has 0 aliphatic carbocycles. The Morgan fingerprint density at radius 2 is 2.29 bits per heavy atom. The molecular formula is C13H22N2OS. The molecule has 0 aromatic carbocycles. The highest BCUT2D eigenvalue weighted by Crippen LogP contribution is 2.19. The van der Waals surface area contributed by atoms with Gasteiger partial charge in [0.15, 0.2) is 0 Å². The molecule has 1 aromatic rings. The smallest absolute Gasteiger partial charge is 0.126 e. The summed E-state index contributed by atoms with van der Waals surface area (Å²) in [5.74, 6) is 1.86. The lowest BCUT2D eigenvalue weighted by Crippen LogP contribution is -2.04. The first-order valence-electron chi connectivity index (χ1n) is 6.18. The van der Waals surface area contributed by atoms with Gasteiger partial charge < -0.3 is 10.4 Å². The lowest BCUT2D eigenvalue weighted by Gasteiger charge is -2.10. The van der Waals surface area contributed by atoms with Gasteiger partial charge in [-0.15, -0.1) is 0 Å². The van der Waals surface area contributed by atoms with Crippen LogP contribution in [0.15, 0.2) is 18.2 Å². The number of pyridine rings is 1. The average molecular weight is 254 g/mol. The fourth-order valence-corrected chi connectivity index (χ4v) is 2.29. The number of aliphatic hydroxyl groups excluding tert-OH is 1. The van der Waals surface area contributed by atoms with Crippen LogP contribution in [0.3, 0.4) is 0 Å². The minimum atomic E-state index is 0.264. The maximum atomic E-state index is 8.84. The molecule has 1 heterocycles. The Labute approximate surface area is 108 Å². The maximum absolute atomic E-state index is 8.84. The molecule has 0 spiro atoms. The van der Waals surface area contributed by atoms with E-state index in [9.17, 15) is 0 Å². The van der Waals surface area contributed by atoms with Crippen molar-refractivity contribution in [1.82, 2.24) is 4.98 Å². The Bertz CT molecular complexity index is 320. The number of hydrogen-bond acceptors (Lipinski definition) is 4. The van der Waals surface area contributed by atoms with E-state index >= 15 is 0 Å². The number of anilines is 1. The van der Waals surface area contributed by atoms with E-state index in [0.29, 0.717) is 5.25 Å². The molecule has 0 aliphatic rings. The number of nitrogens with zero attached hydrogens (tertiary/aromatic N) is 1. The molecule has 96 valence electrons. The van der Waals surface area contributed by atoms with Crippen molar-refractivity contribution in [3.63, 3.8) is 0 Å². The molecule has 1 rings (SSSR count). The van der Waals surface area contributed by atoms with Crippen LogP contribution in [-0.4, -0.2) is 28.5 Å². The molecule has 17 heavy (non-hydrogen) atoms. The van der Waals surface area contributed by atoms with Crippen molar-refractivity contribution in [3.8, 4) is 0 Å². The van der Waals surface area contributed by atoms with E-state index in [-0.39, 0.29) is 6.61 Å². The molecule has 0 radical (unpaired) electrons. The van der Waals surface area contributed by atoms with E-state index in [1.807, 2.05) is 23.9 Å². The minimum absolute atomic E-state index is 0.264. The molecule has 2 N–H and O–H groups in total. The molecule has 1 aromatic heterocycles. The Morgan fingerprint density at radius 1 is 1.47 bits per heavy atom. The minimum Gasteiger partial charge on any atom is -0.396 e. The molecule has 0 saturated heterocycles. The molecule has 0 aliphatic heterocycles. The Morgan fingerprint density at radius 3 is 3.00 bits per heavy atom. The van der Waals surface area contributed by atoms with Crippen molar-refractivity contribution < 1.29 is 5.11 Å². The second kappa shape index (κ2) is 8.37. The lowest BCUT2D eigenvalue weighted by molar-refractivity contribution is 0.289. The van der Waals surface area contributed by atoms with Crippen LogP contribution in [0, 0.1) is 0 Å². The third-order valence-electron chi connectivity index (χ3n) is 2.41. The van der Waals surface area contributed by atoms with Gasteiger partial charge in [-0.25, -0.2) is 4.98 Å². The van der Waals surface area contributed by atoms with Crippen LogP contribution >= 0.6 is 11.8 Å². The molecule has 1 atom stereocenters. The van der Waals surface area contributed by atoms with Gasteiger partial charge in [-0.05, 0) is 25.0 Å². The zero-order valence-corrected chi connectivity index (χ0v) is 11.5. The Hall–Kier alpha value is -0.740. The summed E-state index contributed by atoms with van der Waals surface area (Å²) >= 11 is 1.84. The van der Waals surface area contributed by atoms with Gasteiger partial charge in [0.2, 0.25) is 0 Å². The zero-order chi connectivity index (χ0) is 12.5. The average Bonchev–Trinajstić information content (AvgIpc) is 2.35. The van der Waals surface area contributed by atoms with Crippen molar-refractivity contribution in [1.29, 1.82) is 0 Å². The van der Waals surface area contributed by atoms with Gasteiger partial charge in [-0.2, -0.15) is 11.8 Å². The standard InChI is InChI=1S/C13H22N2OS/c1-3-8-14-13-6-4-5-12(15-13)10-17-11(2)7-9-16/h4-6,11,16H,3,7-10H2,1-2H3,(H,14,15). The monoisotopic (exact) mass is 254 g/mol. The molecule has 3 nitrogen and oxygen atoms in total. The predicted molar refractivity (Wildman–Crippen MR) is 75.5 cm³/mol. The van der Waals surface area contributed by atoms with Crippen LogP contribution < -0.4 is 5.32 Å². The number of thioether (sulfide) groups is 1. The summed E-state index contributed by atoms with van der Waals surface area (Å²) in [7, 11) is 0. The van der Waals surface area contributed by atoms with E-state index in [2.05, 4.69) is 30.2 Å². The van der Waals surface area contributed by atoms with Crippen LogP contribution in [0.4, 0.5) is 5.82 Å². The molecule has 0 bridgehead atoms. The van der Waals surface area contributed by atoms with E-state index in [4.69, 9.17) is 5.11 Å². The van der Waals surface area contributed by atoms with Gasteiger partial charge in [0.1, 0.15) is 5.82 Å². The third-order valence-corrected chi connectivity index (χ3v) is 3.68. The van der Waals surface area contributed by atoms with Crippen molar-refractivity contribution >= 4 is 17.6 Å². The van der Waals surface area contributed by atoms with Crippen LogP contribution in [-0.2, 0) is 5.75 Å². The van der Waals surface area contributed by atoms with Gasteiger partial charge in [-0.1, -0.05) is 19.9 Å². The zero-order valence-electron chi connectivity index (χ0n) is 10.6. The lowest BCUT2D eigenvalue weighted by atomic mass is 10.3. The van der Waals surface area contributed by atoms with Crippen LogP contribution in [0.25, 0.3) is 0 Å². The summed E-state index contributed by atoms with van der Waals surface area (Å²) in [6, 6.07) is 6.09. The summed E-state index contributed by atoms with van der Waals surface area (Å²) in [6.07, 6.45) is 1.95. The Balaban J connectivity index is 2.42. The highest BCUT2D eigenvalue weighted by atomic mass is 32.2. The Kier molecular flexibility index (Phi) is 7.05. The summed E-state index contributed by atoms with van der Waals surface area (Å²) in [4.78, 5) is 4.55. The summed E-state index contributed by atoms with van der Waals surface area (Å²) < 4.78 is 0. The quantitative estimate of drug-likeness (QED) is 0.749. The van der Waals surface area contributed by atoms with Crippen molar-refractivity contribution in [3.05, 3.63) is 23.9 Å². The van der Waals surface area contributed by atoms with Crippen LogP contribution in [0.1, 0.15) is 32.4 Å². The second-order valence-electron chi connectivity index (χ2n) is 4.07. The first-order valence-corrected chi connectivity index (χ1v) is 7.23. The van der Waals surface area contributed by atoms with Crippen molar-refractivity contribution in [2.75, 3.05) is 18.5 Å². The van der Waals surface area contributed by atoms with Crippen molar-refractivity contribution in [2.24, 2.45) is 0 Å². The second-order valence-corrected chi connectivity index (χ2v) is 5.50. The molecule has 0 fully saturated rings. The van der Waals surface area contributed by atoms with E-state index in [1.165, 1.54) is 0 Å². The number of nitrogens with one attached hydrogen (secondary N) is 1. The highest BCUT2D eigenvalue weighted by Gasteiger charge is 2.03. The topological polar surface area (TPSA) is 45.1 Å². The summed E-state index contributed by atoms with van der Waals surface area (Å²) in [5, 5.41) is 12.6. The molecular weight excluding hydrogens is 232 g/mol. The normalized spacial score (nSPS) is 12.4. The van der Waals surface area contributed by atoms with Gasteiger partial charge in [0.05, 0.1) is 5.69 Å². The van der Waals surface area contributed by atoms with Gasteiger partial charge >= 0.3 is 0 Å². The molecule has 4 heteroatoms. The number of aromatic nitrogens is 1. The highest BCUT2D eigenvalue weighted by molar-refractivity contribution is 7.99. The molecule has 0 saturated carbocycles. The van der Waals surface area contributed by atoms with Crippen molar-refractivity contribution in [2.45, 2.75) is 37.7 Å². The number of rotatable bonds is 8. The first kappa shape index (κ1) is 14.3.